The van der Waals surface area contributed by atoms with E-state index >= 15 is 0 Å². The topological polar surface area (TPSA) is 55.6 Å². The maximum atomic E-state index is 4.51. The van der Waals surface area contributed by atoms with E-state index in [0.717, 1.165) is 18.9 Å². The molecule has 3 aromatic rings. The summed E-state index contributed by atoms with van der Waals surface area (Å²) in [5, 5.41) is 18.9. The Morgan fingerprint density at radius 3 is 2.78 bits per heavy atom. The quantitative estimate of drug-likeness (QED) is 0.808. The third-order valence-corrected chi connectivity index (χ3v) is 4.67. The summed E-state index contributed by atoms with van der Waals surface area (Å²) < 4.78 is 0. The van der Waals surface area contributed by atoms with E-state index in [2.05, 4.69) is 63.2 Å². The Bertz CT molecular complexity index is 804. The largest absolute Gasteiger partial charge is 0.316 e. The molecule has 0 saturated carbocycles. The molecule has 118 valence electrons. The third-order valence-electron chi connectivity index (χ3n) is 4.67. The highest BCUT2D eigenvalue weighted by atomic mass is 15.6. The van der Waals surface area contributed by atoms with E-state index < -0.39 is 0 Å². The number of piperidine rings is 1. The molecule has 2 atom stereocenters. The van der Waals surface area contributed by atoms with Crippen molar-refractivity contribution in [3.05, 3.63) is 53.9 Å². The molecule has 1 aliphatic heterocycles. The highest BCUT2D eigenvalue weighted by Crippen LogP contribution is 2.31. The first kappa shape index (κ1) is 14.3. The van der Waals surface area contributed by atoms with Crippen LogP contribution in [0.3, 0.4) is 0 Å². The van der Waals surface area contributed by atoms with Gasteiger partial charge < -0.3 is 5.32 Å². The van der Waals surface area contributed by atoms with Gasteiger partial charge in [-0.15, -0.1) is 10.2 Å². The van der Waals surface area contributed by atoms with Crippen molar-refractivity contribution >= 4 is 10.8 Å². The zero-order chi connectivity index (χ0) is 15.6. The summed E-state index contributed by atoms with van der Waals surface area (Å²) in [5.41, 5.74) is 1.26. The van der Waals surface area contributed by atoms with Crippen LogP contribution in [-0.4, -0.2) is 33.3 Å². The van der Waals surface area contributed by atoms with Gasteiger partial charge in [-0.25, -0.2) is 0 Å². The van der Waals surface area contributed by atoms with Crippen molar-refractivity contribution in [2.45, 2.75) is 25.8 Å². The van der Waals surface area contributed by atoms with Crippen molar-refractivity contribution in [2.75, 3.05) is 13.1 Å². The second kappa shape index (κ2) is 6.08. The van der Waals surface area contributed by atoms with Crippen LogP contribution in [0, 0.1) is 12.8 Å². The van der Waals surface area contributed by atoms with Crippen LogP contribution in [0.25, 0.3) is 10.8 Å². The minimum atomic E-state index is 0.133. The van der Waals surface area contributed by atoms with Crippen molar-refractivity contribution in [3.63, 3.8) is 0 Å². The van der Waals surface area contributed by atoms with Crippen molar-refractivity contribution < 1.29 is 0 Å². The first-order chi connectivity index (χ1) is 11.3. The maximum Gasteiger partial charge on any atom is 0.171 e. The highest BCUT2D eigenvalue weighted by molar-refractivity contribution is 5.83. The average molecular weight is 307 g/mol. The summed E-state index contributed by atoms with van der Waals surface area (Å²) in [6.07, 6.45) is 2.38. The first-order valence-electron chi connectivity index (χ1n) is 8.27. The van der Waals surface area contributed by atoms with Crippen molar-refractivity contribution in [1.82, 2.24) is 25.5 Å². The molecule has 1 aliphatic rings. The zero-order valence-corrected chi connectivity index (χ0v) is 13.3. The van der Waals surface area contributed by atoms with Gasteiger partial charge in [0.15, 0.2) is 5.82 Å². The van der Waals surface area contributed by atoms with Gasteiger partial charge in [0.05, 0.1) is 0 Å². The Kier molecular flexibility index (Phi) is 3.79. The van der Waals surface area contributed by atoms with Crippen LogP contribution in [-0.2, 0) is 0 Å². The van der Waals surface area contributed by atoms with Gasteiger partial charge >= 0.3 is 0 Å². The van der Waals surface area contributed by atoms with Gasteiger partial charge in [-0.1, -0.05) is 36.4 Å². The summed E-state index contributed by atoms with van der Waals surface area (Å²) in [6, 6.07) is 15.3. The van der Waals surface area contributed by atoms with Gasteiger partial charge in [-0.3, -0.25) is 0 Å². The molecule has 4 rings (SSSR count). The van der Waals surface area contributed by atoms with E-state index in [1.54, 1.807) is 4.80 Å². The zero-order valence-electron chi connectivity index (χ0n) is 13.3. The Hall–Kier alpha value is -2.27. The van der Waals surface area contributed by atoms with E-state index in [1.807, 2.05) is 6.92 Å². The molecular weight excluding hydrogens is 286 g/mol. The van der Waals surface area contributed by atoms with Gasteiger partial charge in [0.2, 0.25) is 0 Å². The number of nitrogens with one attached hydrogen (secondary N) is 1. The lowest BCUT2D eigenvalue weighted by molar-refractivity contribution is 0.261. The molecule has 0 aliphatic carbocycles. The van der Waals surface area contributed by atoms with E-state index in [9.17, 15) is 0 Å². The normalized spacial score (nSPS) is 19.8. The highest BCUT2D eigenvalue weighted by Gasteiger charge is 2.28. The van der Waals surface area contributed by atoms with Crippen LogP contribution >= 0.6 is 0 Å². The Labute approximate surface area is 135 Å². The molecule has 1 aromatic heterocycles. The number of tetrazole rings is 1. The van der Waals surface area contributed by atoms with Crippen LogP contribution in [0.2, 0.25) is 0 Å². The van der Waals surface area contributed by atoms with Crippen molar-refractivity contribution in [3.8, 4) is 0 Å². The second-order valence-corrected chi connectivity index (χ2v) is 6.31. The molecule has 5 heteroatoms. The van der Waals surface area contributed by atoms with Gasteiger partial charge in [-0.2, -0.15) is 4.80 Å². The van der Waals surface area contributed by atoms with E-state index in [1.165, 1.54) is 29.2 Å². The minimum absolute atomic E-state index is 0.133. The smallest absolute Gasteiger partial charge is 0.171 e. The lowest BCUT2D eigenvalue weighted by Gasteiger charge is -2.30. The molecule has 1 fully saturated rings. The molecule has 1 N–H and O–H groups in total. The van der Waals surface area contributed by atoms with Crippen LogP contribution < -0.4 is 5.32 Å². The van der Waals surface area contributed by atoms with Gasteiger partial charge in [-0.05, 0) is 59.8 Å². The number of rotatable bonds is 3. The van der Waals surface area contributed by atoms with E-state index in [-0.39, 0.29) is 6.04 Å². The standard InChI is InChI=1S/C18H21N5/c1-13-20-22-23(21-13)18(17-7-4-10-19-12-17)16-9-8-14-5-2-3-6-15(14)11-16/h2-3,5-6,8-9,11,17-19H,4,7,10,12H2,1H3/t17-,18-/m1/s1. The van der Waals surface area contributed by atoms with Crippen molar-refractivity contribution in [1.29, 1.82) is 0 Å². The minimum Gasteiger partial charge on any atom is -0.316 e. The summed E-state index contributed by atoms with van der Waals surface area (Å²) in [7, 11) is 0. The number of hydrogen-bond acceptors (Lipinski definition) is 4. The number of hydrogen-bond donors (Lipinski definition) is 1. The molecule has 0 unspecified atom stereocenters. The van der Waals surface area contributed by atoms with Crippen molar-refractivity contribution in [2.24, 2.45) is 5.92 Å². The Morgan fingerprint density at radius 2 is 2.04 bits per heavy atom. The fourth-order valence-corrected chi connectivity index (χ4v) is 3.55. The van der Waals surface area contributed by atoms with Crippen LogP contribution in [0.5, 0.6) is 0 Å². The number of aromatic nitrogens is 4. The lowest BCUT2D eigenvalue weighted by atomic mass is 9.87. The molecule has 2 aromatic carbocycles. The molecular formula is C18H21N5. The Balaban J connectivity index is 1.78. The number of fused-ring (bicyclic) bond motifs is 1. The second-order valence-electron chi connectivity index (χ2n) is 6.31. The van der Waals surface area contributed by atoms with Gasteiger partial charge in [0.1, 0.15) is 6.04 Å². The average Bonchev–Trinajstić information content (AvgIpc) is 3.02. The fourth-order valence-electron chi connectivity index (χ4n) is 3.55. The van der Waals surface area contributed by atoms with E-state index in [4.69, 9.17) is 0 Å². The van der Waals surface area contributed by atoms with Crippen LogP contribution in [0.4, 0.5) is 0 Å². The molecule has 1 saturated heterocycles. The van der Waals surface area contributed by atoms with Crippen LogP contribution in [0.1, 0.15) is 30.3 Å². The lowest BCUT2D eigenvalue weighted by Crippen LogP contribution is -2.36. The number of nitrogens with zero attached hydrogens (tertiary/aromatic N) is 4. The predicted octanol–water partition coefficient (Wildman–Crippen LogP) is 2.72. The maximum absolute atomic E-state index is 4.51. The summed E-state index contributed by atoms with van der Waals surface area (Å²) in [4.78, 5) is 1.80. The summed E-state index contributed by atoms with van der Waals surface area (Å²) >= 11 is 0. The molecule has 0 bridgehead atoms. The molecule has 5 nitrogen and oxygen atoms in total. The van der Waals surface area contributed by atoms with Gasteiger partial charge in [0.25, 0.3) is 0 Å². The molecule has 0 radical (unpaired) electrons. The van der Waals surface area contributed by atoms with Crippen LogP contribution in [0.15, 0.2) is 42.5 Å². The first-order valence-corrected chi connectivity index (χ1v) is 8.27. The predicted molar refractivity (Wildman–Crippen MR) is 90.2 cm³/mol. The monoisotopic (exact) mass is 307 g/mol. The SMILES string of the molecule is Cc1nnn([C@H](c2ccc3ccccc3c2)[C@@H]2CCCNC2)n1. The fraction of sp³-hybridized carbons (Fsp3) is 0.389. The van der Waals surface area contributed by atoms with E-state index in [0.29, 0.717) is 5.92 Å². The molecule has 23 heavy (non-hydrogen) atoms. The number of benzene rings is 2. The molecule has 2 heterocycles. The number of aryl methyl sites for hydroxylation is 1. The third kappa shape index (κ3) is 2.84. The molecule has 0 spiro atoms. The summed E-state index contributed by atoms with van der Waals surface area (Å²) in [6.45, 7) is 3.99. The summed E-state index contributed by atoms with van der Waals surface area (Å²) in [5.74, 6) is 1.21. The Morgan fingerprint density at radius 1 is 1.17 bits per heavy atom. The molecule has 0 amide bonds. The van der Waals surface area contributed by atoms with Gasteiger partial charge in [0, 0.05) is 6.54 Å².